The molecule has 2 rings (SSSR count). The van der Waals surface area contributed by atoms with Gasteiger partial charge in [-0.1, -0.05) is 0 Å². The standard InChI is InChI=1S/C12H13N3O2/c1-9-14-8-11(12(16)17)15(9)7-4-10-2-5-13-6-3-10/h2-3,5-6,8H,4,7H2,1H3,(H,16,17). The van der Waals surface area contributed by atoms with Gasteiger partial charge in [-0.25, -0.2) is 9.78 Å². The van der Waals surface area contributed by atoms with Crippen molar-refractivity contribution in [1.29, 1.82) is 0 Å². The van der Waals surface area contributed by atoms with E-state index in [-0.39, 0.29) is 5.69 Å². The molecule has 2 aromatic rings. The van der Waals surface area contributed by atoms with Gasteiger partial charge in [-0.3, -0.25) is 4.98 Å². The Balaban J connectivity index is 2.14. The maximum absolute atomic E-state index is 11.0. The number of imidazole rings is 1. The first kappa shape index (κ1) is 11.3. The minimum absolute atomic E-state index is 0.233. The molecule has 88 valence electrons. The van der Waals surface area contributed by atoms with E-state index >= 15 is 0 Å². The zero-order valence-corrected chi connectivity index (χ0v) is 9.50. The lowest BCUT2D eigenvalue weighted by molar-refractivity contribution is 0.0684. The van der Waals surface area contributed by atoms with E-state index < -0.39 is 5.97 Å². The van der Waals surface area contributed by atoms with Crippen LogP contribution in [0.2, 0.25) is 0 Å². The minimum Gasteiger partial charge on any atom is -0.477 e. The Hall–Kier alpha value is -2.17. The number of aromatic carboxylic acids is 1. The highest BCUT2D eigenvalue weighted by Crippen LogP contribution is 2.07. The second kappa shape index (κ2) is 4.78. The maximum Gasteiger partial charge on any atom is 0.354 e. The summed E-state index contributed by atoms with van der Waals surface area (Å²) in [6, 6.07) is 3.85. The Morgan fingerprint density at radius 1 is 1.41 bits per heavy atom. The lowest BCUT2D eigenvalue weighted by Crippen LogP contribution is -2.11. The summed E-state index contributed by atoms with van der Waals surface area (Å²) in [5, 5.41) is 9.01. The predicted molar refractivity (Wildman–Crippen MR) is 61.9 cm³/mol. The van der Waals surface area contributed by atoms with Crippen LogP contribution in [0.4, 0.5) is 0 Å². The van der Waals surface area contributed by atoms with Crippen LogP contribution in [0.25, 0.3) is 0 Å². The summed E-state index contributed by atoms with van der Waals surface area (Å²) in [4.78, 5) is 18.9. The fraction of sp³-hybridized carbons (Fsp3) is 0.250. The van der Waals surface area contributed by atoms with Gasteiger partial charge in [0.25, 0.3) is 0 Å². The molecule has 17 heavy (non-hydrogen) atoms. The van der Waals surface area contributed by atoms with Crippen LogP contribution < -0.4 is 0 Å². The number of rotatable bonds is 4. The van der Waals surface area contributed by atoms with Crippen LogP contribution in [0.3, 0.4) is 0 Å². The van der Waals surface area contributed by atoms with Crippen LogP contribution >= 0.6 is 0 Å². The quantitative estimate of drug-likeness (QED) is 0.866. The monoisotopic (exact) mass is 231 g/mol. The van der Waals surface area contributed by atoms with Gasteiger partial charge in [-0.2, -0.15) is 0 Å². The van der Waals surface area contributed by atoms with Gasteiger partial charge in [0.05, 0.1) is 6.20 Å². The normalized spacial score (nSPS) is 10.4. The van der Waals surface area contributed by atoms with Crippen LogP contribution in [0.15, 0.2) is 30.7 Å². The van der Waals surface area contributed by atoms with Crippen molar-refractivity contribution < 1.29 is 9.90 Å². The number of nitrogens with zero attached hydrogens (tertiary/aromatic N) is 3. The molecule has 0 aliphatic rings. The molecule has 1 N–H and O–H groups in total. The van der Waals surface area contributed by atoms with Gasteiger partial charge < -0.3 is 9.67 Å². The molecule has 2 aromatic heterocycles. The van der Waals surface area contributed by atoms with Gasteiger partial charge in [-0.15, -0.1) is 0 Å². The summed E-state index contributed by atoms with van der Waals surface area (Å²) >= 11 is 0. The summed E-state index contributed by atoms with van der Waals surface area (Å²) in [6.07, 6.45) is 5.62. The van der Waals surface area contributed by atoms with Gasteiger partial charge >= 0.3 is 5.97 Å². The van der Waals surface area contributed by atoms with E-state index in [0.717, 1.165) is 17.8 Å². The number of carbonyl (C=O) groups is 1. The van der Waals surface area contributed by atoms with Gasteiger partial charge in [0.15, 0.2) is 0 Å². The molecule has 0 bridgehead atoms. The molecule has 0 spiro atoms. The number of aryl methyl sites for hydroxylation is 2. The van der Waals surface area contributed by atoms with E-state index in [1.54, 1.807) is 23.9 Å². The van der Waals surface area contributed by atoms with Crippen molar-refractivity contribution in [3.63, 3.8) is 0 Å². The highest BCUT2D eigenvalue weighted by atomic mass is 16.4. The second-order valence-electron chi connectivity index (χ2n) is 3.75. The first-order chi connectivity index (χ1) is 8.18. The molecule has 0 aromatic carbocycles. The Morgan fingerprint density at radius 2 is 2.12 bits per heavy atom. The van der Waals surface area contributed by atoms with E-state index in [9.17, 15) is 4.79 Å². The number of pyridine rings is 1. The Labute approximate surface area is 98.8 Å². The molecule has 0 fully saturated rings. The van der Waals surface area contributed by atoms with Crippen LogP contribution in [0.5, 0.6) is 0 Å². The van der Waals surface area contributed by atoms with Crippen LogP contribution in [-0.4, -0.2) is 25.6 Å². The van der Waals surface area contributed by atoms with Crippen LogP contribution in [-0.2, 0) is 13.0 Å². The fourth-order valence-electron chi connectivity index (χ4n) is 1.71. The maximum atomic E-state index is 11.0. The van der Waals surface area contributed by atoms with Crippen molar-refractivity contribution in [2.24, 2.45) is 0 Å². The second-order valence-corrected chi connectivity index (χ2v) is 3.75. The molecule has 0 radical (unpaired) electrons. The molecule has 0 saturated carbocycles. The van der Waals surface area contributed by atoms with Gasteiger partial charge in [0, 0.05) is 18.9 Å². The largest absolute Gasteiger partial charge is 0.477 e. The zero-order chi connectivity index (χ0) is 12.3. The Morgan fingerprint density at radius 3 is 2.76 bits per heavy atom. The van der Waals surface area contributed by atoms with Gasteiger partial charge in [0.1, 0.15) is 11.5 Å². The van der Waals surface area contributed by atoms with Crippen molar-refractivity contribution in [2.75, 3.05) is 0 Å². The zero-order valence-electron chi connectivity index (χ0n) is 9.50. The molecule has 5 heteroatoms. The summed E-state index contributed by atoms with van der Waals surface area (Å²) in [5.74, 6) is -0.225. The van der Waals surface area contributed by atoms with E-state index in [2.05, 4.69) is 9.97 Å². The third kappa shape index (κ3) is 2.50. The number of aromatic nitrogens is 3. The molecule has 2 heterocycles. The van der Waals surface area contributed by atoms with E-state index in [4.69, 9.17) is 5.11 Å². The third-order valence-electron chi connectivity index (χ3n) is 2.65. The summed E-state index contributed by atoms with van der Waals surface area (Å²) in [5.41, 5.74) is 1.36. The molecular weight excluding hydrogens is 218 g/mol. The van der Waals surface area contributed by atoms with Crippen molar-refractivity contribution in [1.82, 2.24) is 14.5 Å². The summed E-state index contributed by atoms with van der Waals surface area (Å²) in [7, 11) is 0. The Kier molecular flexibility index (Phi) is 3.18. The van der Waals surface area contributed by atoms with E-state index in [1.807, 2.05) is 12.1 Å². The number of hydrogen-bond donors (Lipinski definition) is 1. The van der Waals surface area contributed by atoms with Crippen molar-refractivity contribution >= 4 is 5.97 Å². The number of hydrogen-bond acceptors (Lipinski definition) is 3. The van der Waals surface area contributed by atoms with Crippen LogP contribution in [0.1, 0.15) is 21.9 Å². The highest BCUT2D eigenvalue weighted by molar-refractivity contribution is 5.85. The molecule has 0 aliphatic heterocycles. The molecule has 0 aliphatic carbocycles. The van der Waals surface area contributed by atoms with E-state index in [1.165, 1.54) is 6.20 Å². The predicted octanol–water partition coefficient (Wildman–Crippen LogP) is 1.53. The minimum atomic E-state index is -0.944. The lowest BCUT2D eigenvalue weighted by atomic mass is 10.2. The molecule has 0 atom stereocenters. The van der Waals surface area contributed by atoms with E-state index in [0.29, 0.717) is 6.54 Å². The lowest BCUT2D eigenvalue weighted by Gasteiger charge is -2.07. The van der Waals surface area contributed by atoms with Gasteiger partial charge in [0.2, 0.25) is 0 Å². The molecule has 5 nitrogen and oxygen atoms in total. The molecule has 0 saturated heterocycles. The first-order valence-corrected chi connectivity index (χ1v) is 5.33. The van der Waals surface area contributed by atoms with Crippen LogP contribution in [0, 0.1) is 6.92 Å². The van der Waals surface area contributed by atoms with Gasteiger partial charge in [-0.05, 0) is 31.0 Å². The third-order valence-corrected chi connectivity index (χ3v) is 2.65. The molecule has 0 unspecified atom stereocenters. The van der Waals surface area contributed by atoms with Crippen molar-refractivity contribution in [2.45, 2.75) is 19.9 Å². The first-order valence-electron chi connectivity index (χ1n) is 5.33. The smallest absolute Gasteiger partial charge is 0.354 e. The summed E-state index contributed by atoms with van der Waals surface area (Å²) < 4.78 is 1.71. The average Bonchev–Trinajstić information content (AvgIpc) is 2.69. The topological polar surface area (TPSA) is 68.0 Å². The number of carboxylic acids is 1. The fourth-order valence-corrected chi connectivity index (χ4v) is 1.71. The molecule has 0 amide bonds. The average molecular weight is 231 g/mol. The molecular formula is C12H13N3O2. The SMILES string of the molecule is Cc1ncc(C(=O)O)n1CCc1ccncc1. The Bertz CT molecular complexity index is 520. The van der Waals surface area contributed by atoms with Crippen molar-refractivity contribution in [3.05, 3.63) is 47.8 Å². The number of carboxylic acid groups (broad SMARTS) is 1. The van der Waals surface area contributed by atoms with Crippen molar-refractivity contribution in [3.8, 4) is 0 Å². The summed E-state index contributed by atoms with van der Waals surface area (Å²) in [6.45, 7) is 2.41. The highest BCUT2D eigenvalue weighted by Gasteiger charge is 2.12.